The summed E-state index contributed by atoms with van der Waals surface area (Å²) >= 11 is 1.64. The van der Waals surface area contributed by atoms with Crippen LogP contribution < -0.4 is 9.64 Å². The average molecular weight is 372 g/mol. The van der Waals surface area contributed by atoms with Gasteiger partial charge < -0.3 is 9.64 Å². The number of benzene rings is 1. The summed E-state index contributed by atoms with van der Waals surface area (Å²) in [5.41, 5.74) is 0.964. The summed E-state index contributed by atoms with van der Waals surface area (Å²) in [5.74, 6) is 0.991. The maximum Gasteiger partial charge on any atom is 0.165 e. The summed E-state index contributed by atoms with van der Waals surface area (Å²) < 4.78 is 18.9. The highest BCUT2D eigenvalue weighted by Gasteiger charge is 2.26. The molecule has 0 saturated carbocycles. The van der Waals surface area contributed by atoms with Crippen molar-refractivity contribution < 1.29 is 9.13 Å². The van der Waals surface area contributed by atoms with E-state index in [4.69, 9.17) is 4.74 Å². The van der Waals surface area contributed by atoms with Crippen LogP contribution >= 0.6 is 11.3 Å². The molecule has 1 aliphatic rings. The van der Waals surface area contributed by atoms with Gasteiger partial charge in [-0.05, 0) is 36.1 Å². The van der Waals surface area contributed by atoms with Crippen LogP contribution in [-0.2, 0) is 6.54 Å². The van der Waals surface area contributed by atoms with Gasteiger partial charge in [0.2, 0.25) is 0 Å². The number of nitrogens with zero attached hydrogens (tertiary/aromatic N) is 4. The first-order chi connectivity index (χ1) is 12.7. The molecule has 0 radical (unpaired) electrons. The Morgan fingerprint density at radius 2 is 2.15 bits per heavy atom. The van der Waals surface area contributed by atoms with E-state index in [1.165, 1.54) is 7.11 Å². The van der Waals surface area contributed by atoms with Crippen LogP contribution in [0.15, 0.2) is 36.0 Å². The third-order valence-electron chi connectivity index (χ3n) is 4.91. The number of rotatable bonds is 4. The van der Waals surface area contributed by atoms with Crippen molar-refractivity contribution in [2.45, 2.75) is 19.5 Å². The van der Waals surface area contributed by atoms with Crippen molar-refractivity contribution in [2.24, 2.45) is 0 Å². The van der Waals surface area contributed by atoms with E-state index in [2.05, 4.69) is 38.1 Å². The Bertz CT molecular complexity index is 915. The molecule has 136 valence electrons. The molecular weight excluding hydrogens is 351 g/mol. The van der Waals surface area contributed by atoms with Crippen molar-refractivity contribution in [3.05, 3.63) is 47.4 Å². The van der Waals surface area contributed by atoms with Crippen LogP contribution in [0.4, 0.5) is 10.2 Å². The Morgan fingerprint density at radius 3 is 2.92 bits per heavy atom. The molecule has 7 heteroatoms. The molecule has 5 nitrogen and oxygen atoms in total. The lowest BCUT2D eigenvalue weighted by molar-refractivity contribution is 0.180. The minimum Gasteiger partial charge on any atom is -0.494 e. The predicted octanol–water partition coefficient (Wildman–Crippen LogP) is 3.55. The van der Waals surface area contributed by atoms with E-state index in [9.17, 15) is 4.39 Å². The molecular formula is C19H21FN4OS. The zero-order valence-corrected chi connectivity index (χ0v) is 15.7. The number of methoxy groups -OCH3 is 1. The zero-order valence-electron chi connectivity index (χ0n) is 14.9. The van der Waals surface area contributed by atoms with Crippen molar-refractivity contribution >= 4 is 27.4 Å². The van der Waals surface area contributed by atoms with Crippen molar-refractivity contribution in [3.8, 4) is 5.75 Å². The predicted molar refractivity (Wildman–Crippen MR) is 102 cm³/mol. The third kappa shape index (κ3) is 3.24. The average Bonchev–Trinajstić information content (AvgIpc) is 3.12. The first kappa shape index (κ1) is 17.2. The highest BCUT2D eigenvalue weighted by Crippen LogP contribution is 2.28. The Morgan fingerprint density at radius 1 is 1.27 bits per heavy atom. The Labute approximate surface area is 156 Å². The molecule has 1 fully saturated rings. The van der Waals surface area contributed by atoms with Gasteiger partial charge in [-0.15, -0.1) is 11.3 Å². The number of piperazine rings is 1. The smallest absolute Gasteiger partial charge is 0.165 e. The second-order valence-electron chi connectivity index (χ2n) is 6.57. The van der Waals surface area contributed by atoms with Crippen LogP contribution in [0.1, 0.15) is 12.5 Å². The lowest BCUT2D eigenvalue weighted by Crippen LogP contribution is -2.51. The summed E-state index contributed by atoms with van der Waals surface area (Å²) in [7, 11) is 1.48. The maximum absolute atomic E-state index is 13.9. The van der Waals surface area contributed by atoms with Crippen molar-refractivity contribution in [1.82, 2.24) is 14.9 Å². The van der Waals surface area contributed by atoms with Gasteiger partial charge in [0, 0.05) is 32.2 Å². The Balaban J connectivity index is 1.47. The van der Waals surface area contributed by atoms with E-state index < -0.39 is 0 Å². The quantitative estimate of drug-likeness (QED) is 0.701. The van der Waals surface area contributed by atoms with Crippen LogP contribution in [0.3, 0.4) is 0 Å². The van der Waals surface area contributed by atoms with Gasteiger partial charge in [0.15, 0.2) is 11.6 Å². The summed E-state index contributed by atoms with van der Waals surface area (Å²) in [6.45, 7) is 5.63. The highest BCUT2D eigenvalue weighted by atomic mass is 32.1. The summed E-state index contributed by atoms with van der Waals surface area (Å²) in [4.78, 5) is 14.6. The first-order valence-corrected chi connectivity index (χ1v) is 9.53. The number of hydrogen-bond donors (Lipinski definition) is 0. The number of ether oxygens (including phenoxy) is 1. The van der Waals surface area contributed by atoms with Gasteiger partial charge in [-0.1, -0.05) is 6.07 Å². The SMILES string of the molecule is COc1ccc(CN2CCN(c3ncnc4sccc34)CC2C)cc1F. The molecule has 0 aliphatic carbocycles. The van der Waals surface area contributed by atoms with E-state index in [0.29, 0.717) is 6.04 Å². The summed E-state index contributed by atoms with van der Waals surface area (Å²) in [6, 6.07) is 7.63. The van der Waals surface area contributed by atoms with Crippen LogP contribution in [0.25, 0.3) is 10.2 Å². The number of halogens is 1. The van der Waals surface area contributed by atoms with Crippen molar-refractivity contribution in [3.63, 3.8) is 0 Å². The van der Waals surface area contributed by atoms with Gasteiger partial charge in [0.1, 0.15) is 17.0 Å². The van der Waals surface area contributed by atoms with Crippen molar-refractivity contribution in [2.75, 3.05) is 31.6 Å². The Hall–Kier alpha value is -2.25. The third-order valence-corrected chi connectivity index (χ3v) is 5.73. The van der Waals surface area contributed by atoms with Gasteiger partial charge in [-0.3, -0.25) is 4.90 Å². The molecule has 0 amide bonds. The molecule has 0 N–H and O–H groups in total. The van der Waals surface area contributed by atoms with Gasteiger partial charge in [0.05, 0.1) is 12.5 Å². The van der Waals surface area contributed by atoms with Gasteiger partial charge >= 0.3 is 0 Å². The molecule has 1 atom stereocenters. The van der Waals surface area contributed by atoms with E-state index in [1.54, 1.807) is 29.8 Å². The molecule has 1 aromatic carbocycles. The van der Waals surface area contributed by atoms with E-state index in [1.807, 2.05) is 6.07 Å². The van der Waals surface area contributed by atoms with Crippen LogP contribution in [0.2, 0.25) is 0 Å². The van der Waals surface area contributed by atoms with Crippen LogP contribution in [0.5, 0.6) is 5.75 Å². The minimum atomic E-state index is -0.308. The van der Waals surface area contributed by atoms with Gasteiger partial charge in [-0.25, -0.2) is 14.4 Å². The molecule has 1 saturated heterocycles. The van der Waals surface area contributed by atoms with E-state index in [0.717, 1.165) is 47.8 Å². The van der Waals surface area contributed by atoms with Crippen LogP contribution in [0, 0.1) is 5.82 Å². The number of aromatic nitrogens is 2. The molecule has 4 rings (SSSR count). The fraction of sp³-hybridized carbons (Fsp3) is 0.368. The zero-order chi connectivity index (χ0) is 18.1. The molecule has 0 spiro atoms. The monoisotopic (exact) mass is 372 g/mol. The first-order valence-electron chi connectivity index (χ1n) is 8.65. The van der Waals surface area contributed by atoms with Gasteiger partial charge in [0.25, 0.3) is 0 Å². The molecule has 26 heavy (non-hydrogen) atoms. The largest absolute Gasteiger partial charge is 0.494 e. The summed E-state index contributed by atoms with van der Waals surface area (Å²) in [5, 5.41) is 3.18. The fourth-order valence-corrected chi connectivity index (χ4v) is 4.22. The molecule has 0 bridgehead atoms. The minimum absolute atomic E-state index is 0.287. The molecule has 3 heterocycles. The summed E-state index contributed by atoms with van der Waals surface area (Å²) in [6.07, 6.45) is 1.64. The molecule has 1 aliphatic heterocycles. The topological polar surface area (TPSA) is 41.5 Å². The molecule has 2 aromatic heterocycles. The maximum atomic E-state index is 13.9. The normalized spacial score (nSPS) is 18.4. The van der Waals surface area contributed by atoms with Crippen molar-refractivity contribution in [1.29, 1.82) is 0 Å². The Kier molecular flexibility index (Phi) is 4.74. The number of fused-ring (bicyclic) bond motifs is 1. The molecule has 3 aromatic rings. The highest BCUT2D eigenvalue weighted by molar-refractivity contribution is 7.16. The van der Waals surface area contributed by atoms with E-state index in [-0.39, 0.29) is 11.6 Å². The van der Waals surface area contributed by atoms with E-state index >= 15 is 0 Å². The van der Waals surface area contributed by atoms with Crippen LogP contribution in [-0.4, -0.2) is 47.7 Å². The number of anilines is 1. The lowest BCUT2D eigenvalue weighted by atomic mass is 10.1. The molecule has 1 unspecified atom stereocenters. The second kappa shape index (κ2) is 7.17. The fourth-order valence-electron chi connectivity index (χ4n) is 3.49. The van der Waals surface area contributed by atoms with Gasteiger partial charge in [-0.2, -0.15) is 0 Å². The lowest BCUT2D eigenvalue weighted by Gasteiger charge is -2.40. The second-order valence-corrected chi connectivity index (χ2v) is 7.47. The standard InChI is InChI=1S/C19H21FN4OS/c1-13-10-24(18-15-5-8-26-19(15)22-12-21-18)7-6-23(13)11-14-3-4-17(25-2)16(20)9-14/h3-5,8-9,12-13H,6-7,10-11H2,1-2H3. The number of thiophene rings is 1. The number of hydrogen-bond acceptors (Lipinski definition) is 6.